The third-order valence-corrected chi connectivity index (χ3v) is 8.35. The van der Waals surface area contributed by atoms with E-state index in [0.29, 0.717) is 43.7 Å². The van der Waals surface area contributed by atoms with E-state index in [9.17, 15) is 14.9 Å². The molecule has 10 nitrogen and oxygen atoms in total. The van der Waals surface area contributed by atoms with E-state index in [1.807, 2.05) is 24.8 Å². The van der Waals surface area contributed by atoms with E-state index >= 15 is 0 Å². The molecular formula is C27H33N5O5S. The van der Waals surface area contributed by atoms with Crippen LogP contribution in [0.15, 0.2) is 30.3 Å². The number of carbonyl (C=O) groups is 1. The largest absolute Gasteiger partial charge is 0.379 e. The number of nitro groups is 1. The Morgan fingerprint density at radius 1 is 1.05 bits per heavy atom. The van der Waals surface area contributed by atoms with Gasteiger partial charge in [0.05, 0.1) is 41.6 Å². The van der Waals surface area contributed by atoms with E-state index in [0.717, 1.165) is 60.6 Å². The molecule has 0 N–H and O–H groups in total. The average Bonchev–Trinajstić information content (AvgIpc) is 3.40. The molecule has 0 unspecified atom stereocenters. The number of nitrogens with zero attached hydrogens (tertiary/aromatic N) is 5. The van der Waals surface area contributed by atoms with Crippen LogP contribution in [0.25, 0.3) is 10.2 Å². The molecular weight excluding hydrogens is 506 g/mol. The third kappa shape index (κ3) is 5.65. The molecule has 2 aromatic carbocycles. The number of anilines is 2. The number of morpholine rings is 2. The van der Waals surface area contributed by atoms with Crippen LogP contribution in [0.4, 0.5) is 16.5 Å². The molecule has 202 valence electrons. The summed E-state index contributed by atoms with van der Waals surface area (Å²) >= 11 is 1.50. The van der Waals surface area contributed by atoms with Crippen molar-refractivity contribution in [3.63, 3.8) is 0 Å². The Bertz CT molecular complexity index is 1280. The number of rotatable bonds is 8. The number of thiazole rings is 1. The van der Waals surface area contributed by atoms with E-state index in [1.165, 1.54) is 17.4 Å². The van der Waals surface area contributed by atoms with Gasteiger partial charge in [0, 0.05) is 50.9 Å². The van der Waals surface area contributed by atoms with Crippen LogP contribution >= 0.6 is 11.3 Å². The van der Waals surface area contributed by atoms with Crippen molar-refractivity contribution in [1.82, 2.24) is 9.88 Å². The van der Waals surface area contributed by atoms with Crippen LogP contribution in [0.2, 0.25) is 0 Å². The lowest BCUT2D eigenvalue weighted by molar-refractivity contribution is -0.384. The molecule has 0 atom stereocenters. The van der Waals surface area contributed by atoms with Crippen molar-refractivity contribution < 1.29 is 19.2 Å². The Kier molecular flexibility index (Phi) is 8.18. The van der Waals surface area contributed by atoms with Gasteiger partial charge in [-0.3, -0.25) is 24.7 Å². The summed E-state index contributed by atoms with van der Waals surface area (Å²) in [5, 5.41) is 12.6. The van der Waals surface area contributed by atoms with Crippen molar-refractivity contribution in [2.45, 2.75) is 20.3 Å². The maximum Gasteiger partial charge on any atom is 0.293 e. The van der Waals surface area contributed by atoms with E-state index in [1.54, 1.807) is 17.0 Å². The van der Waals surface area contributed by atoms with Gasteiger partial charge in [-0.1, -0.05) is 23.5 Å². The second-order valence-corrected chi connectivity index (χ2v) is 10.7. The smallest absolute Gasteiger partial charge is 0.293 e. The molecule has 2 fully saturated rings. The molecule has 0 aliphatic carbocycles. The highest BCUT2D eigenvalue weighted by Gasteiger charge is 2.27. The van der Waals surface area contributed by atoms with Gasteiger partial charge in [-0.05, 0) is 43.5 Å². The molecule has 2 saturated heterocycles. The number of aromatic nitrogens is 1. The summed E-state index contributed by atoms with van der Waals surface area (Å²) < 4.78 is 11.9. The van der Waals surface area contributed by atoms with Crippen molar-refractivity contribution in [1.29, 1.82) is 0 Å². The van der Waals surface area contributed by atoms with E-state index in [2.05, 4.69) is 11.0 Å². The molecule has 1 aromatic heterocycles. The number of amides is 1. The van der Waals surface area contributed by atoms with Gasteiger partial charge in [0.1, 0.15) is 5.69 Å². The summed E-state index contributed by atoms with van der Waals surface area (Å²) in [6.07, 6.45) is 0.758. The molecule has 5 rings (SSSR count). The molecule has 3 heterocycles. The number of nitro benzene ring substituents is 1. The number of ether oxygens (including phenoxy) is 2. The van der Waals surface area contributed by atoms with Gasteiger partial charge in [-0.2, -0.15) is 0 Å². The second-order valence-electron chi connectivity index (χ2n) is 9.70. The zero-order chi connectivity index (χ0) is 26.6. The molecule has 0 radical (unpaired) electrons. The maximum atomic E-state index is 13.9. The number of hydrogen-bond acceptors (Lipinski definition) is 9. The summed E-state index contributed by atoms with van der Waals surface area (Å²) in [5.74, 6) is -0.280. The van der Waals surface area contributed by atoms with Gasteiger partial charge in [-0.25, -0.2) is 4.98 Å². The molecule has 1 amide bonds. The second kappa shape index (κ2) is 11.7. The van der Waals surface area contributed by atoms with Crippen LogP contribution in [0, 0.1) is 24.0 Å². The highest BCUT2D eigenvalue weighted by molar-refractivity contribution is 7.22. The SMILES string of the molecule is Cc1ccc(C)c2sc(N(CCCN3CCOCC3)C(=O)c3ccc(N4CCOCC4)c([N+](=O)[O-])c3)nc12. The monoisotopic (exact) mass is 539 g/mol. The zero-order valence-corrected chi connectivity index (χ0v) is 22.7. The van der Waals surface area contributed by atoms with Crippen LogP contribution in [0.1, 0.15) is 27.9 Å². The van der Waals surface area contributed by atoms with Crippen LogP contribution in [-0.2, 0) is 9.47 Å². The first-order valence-electron chi connectivity index (χ1n) is 13.0. The van der Waals surface area contributed by atoms with Gasteiger partial charge in [0.25, 0.3) is 11.6 Å². The Hall–Kier alpha value is -3.12. The zero-order valence-electron chi connectivity index (χ0n) is 21.9. The fourth-order valence-corrected chi connectivity index (χ4v) is 6.09. The lowest BCUT2D eigenvalue weighted by atomic mass is 10.1. The van der Waals surface area contributed by atoms with Crippen LogP contribution < -0.4 is 9.80 Å². The summed E-state index contributed by atoms with van der Waals surface area (Å²) in [6.45, 7) is 10.8. The summed E-state index contributed by atoms with van der Waals surface area (Å²) in [6, 6.07) is 8.90. The van der Waals surface area contributed by atoms with Gasteiger partial charge in [0.2, 0.25) is 0 Å². The molecule has 0 bridgehead atoms. The van der Waals surface area contributed by atoms with Crippen LogP contribution in [-0.4, -0.2) is 86.4 Å². The summed E-state index contributed by atoms with van der Waals surface area (Å²) in [4.78, 5) is 36.4. The van der Waals surface area contributed by atoms with E-state index < -0.39 is 4.92 Å². The Morgan fingerprint density at radius 2 is 1.74 bits per heavy atom. The Labute approximate surface area is 225 Å². The first-order valence-corrected chi connectivity index (χ1v) is 13.8. The minimum atomic E-state index is -0.408. The summed E-state index contributed by atoms with van der Waals surface area (Å²) in [5.41, 5.74) is 3.79. The van der Waals surface area contributed by atoms with E-state index in [4.69, 9.17) is 14.5 Å². The van der Waals surface area contributed by atoms with Gasteiger partial charge in [-0.15, -0.1) is 0 Å². The van der Waals surface area contributed by atoms with Crippen molar-refractivity contribution in [2.24, 2.45) is 0 Å². The fourth-order valence-electron chi connectivity index (χ4n) is 4.95. The van der Waals surface area contributed by atoms with E-state index in [-0.39, 0.29) is 17.2 Å². The number of fused-ring (bicyclic) bond motifs is 1. The average molecular weight is 540 g/mol. The molecule has 38 heavy (non-hydrogen) atoms. The highest BCUT2D eigenvalue weighted by Crippen LogP contribution is 2.35. The normalized spacial score (nSPS) is 16.6. The minimum Gasteiger partial charge on any atom is -0.379 e. The van der Waals surface area contributed by atoms with Crippen molar-refractivity contribution in [3.8, 4) is 0 Å². The summed E-state index contributed by atoms with van der Waals surface area (Å²) in [7, 11) is 0. The molecule has 2 aliphatic heterocycles. The molecule has 11 heteroatoms. The lowest BCUT2D eigenvalue weighted by Gasteiger charge is -2.29. The predicted molar refractivity (Wildman–Crippen MR) is 149 cm³/mol. The quantitative estimate of drug-likeness (QED) is 0.312. The number of benzene rings is 2. The molecule has 2 aliphatic rings. The number of hydrogen-bond donors (Lipinski definition) is 0. The molecule has 0 saturated carbocycles. The topological polar surface area (TPSA) is 101 Å². The standard InChI is InChI=1S/C27H33N5O5S/c1-19-4-5-20(2)25-24(19)28-27(38-25)31(9-3-8-29-10-14-36-15-11-29)26(33)21-6-7-22(23(18-21)32(34)35)30-12-16-37-17-13-30/h4-7,18H,3,8-17H2,1-2H3. The minimum absolute atomic E-state index is 0.0676. The third-order valence-electron chi connectivity index (χ3n) is 7.14. The van der Waals surface area contributed by atoms with Crippen molar-refractivity contribution >= 4 is 44.0 Å². The molecule has 3 aromatic rings. The number of carbonyl (C=O) groups excluding carboxylic acids is 1. The lowest BCUT2D eigenvalue weighted by Crippen LogP contribution is -2.39. The predicted octanol–water partition coefficient (Wildman–Crippen LogP) is 4.03. The first kappa shape index (κ1) is 26.5. The van der Waals surface area contributed by atoms with Gasteiger partial charge in [0.15, 0.2) is 5.13 Å². The highest BCUT2D eigenvalue weighted by atomic mass is 32.1. The fraction of sp³-hybridized carbons (Fsp3) is 0.481. The first-order chi connectivity index (χ1) is 18.4. The van der Waals surface area contributed by atoms with Gasteiger partial charge >= 0.3 is 0 Å². The van der Waals surface area contributed by atoms with Crippen molar-refractivity contribution in [2.75, 3.05) is 75.5 Å². The number of aryl methyl sites for hydroxylation is 2. The maximum absolute atomic E-state index is 13.9. The Balaban J connectivity index is 1.46. The van der Waals surface area contributed by atoms with Crippen LogP contribution in [0.3, 0.4) is 0 Å². The molecule has 0 spiro atoms. The van der Waals surface area contributed by atoms with Crippen LogP contribution in [0.5, 0.6) is 0 Å². The van der Waals surface area contributed by atoms with Gasteiger partial charge < -0.3 is 14.4 Å². The Morgan fingerprint density at radius 3 is 2.42 bits per heavy atom. The van der Waals surface area contributed by atoms with Crippen molar-refractivity contribution in [3.05, 3.63) is 57.1 Å².